The van der Waals surface area contributed by atoms with Gasteiger partial charge in [0.15, 0.2) is 5.78 Å². The Morgan fingerprint density at radius 3 is 2.37 bits per heavy atom. The number of Topliss-reactive ketones (excluding diaryl/α,β-unsaturated/α-hetero) is 1. The quantitative estimate of drug-likeness (QED) is 0.586. The van der Waals surface area contributed by atoms with E-state index in [2.05, 4.69) is 32.0 Å². The number of ketones is 1. The van der Waals surface area contributed by atoms with Gasteiger partial charge in [-0.2, -0.15) is 0 Å². The third kappa shape index (κ3) is 3.71. The van der Waals surface area contributed by atoms with Gasteiger partial charge in [0.1, 0.15) is 0 Å². The molecule has 0 saturated heterocycles. The minimum absolute atomic E-state index is 0.117. The molecule has 0 atom stereocenters. The molecule has 0 saturated carbocycles. The second-order valence-electron chi connectivity index (χ2n) is 4.80. The molecule has 0 heterocycles. The molecule has 0 aliphatic rings. The molecular formula is C17H18OS. The van der Waals surface area contributed by atoms with E-state index in [1.54, 1.807) is 18.7 Å². The van der Waals surface area contributed by atoms with Gasteiger partial charge in [0.2, 0.25) is 0 Å². The lowest BCUT2D eigenvalue weighted by Gasteiger charge is -2.07. The van der Waals surface area contributed by atoms with Crippen molar-refractivity contribution in [2.24, 2.45) is 0 Å². The zero-order chi connectivity index (χ0) is 13.8. The van der Waals surface area contributed by atoms with Crippen LogP contribution in [0.3, 0.4) is 0 Å². The maximum Gasteiger partial charge on any atom is 0.159 e. The molecule has 0 aliphatic carbocycles. The van der Waals surface area contributed by atoms with Crippen LogP contribution in [0.15, 0.2) is 47.4 Å². The number of hydrogen-bond donors (Lipinski definition) is 0. The molecule has 0 aliphatic heterocycles. The average molecular weight is 270 g/mol. The fourth-order valence-electron chi connectivity index (χ4n) is 1.90. The van der Waals surface area contributed by atoms with E-state index < -0.39 is 0 Å². The predicted octanol–water partition coefficient (Wildman–Crippen LogP) is 4.80. The standard InChI is InChI=1S/C17H18OS/c1-12-4-5-13(2)16(10-12)11-19-17-8-6-15(7-9-17)14(3)18/h4-10H,11H2,1-3H3. The maximum absolute atomic E-state index is 11.2. The van der Waals surface area contributed by atoms with Gasteiger partial charge in [0.05, 0.1) is 0 Å². The van der Waals surface area contributed by atoms with Crippen LogP contribution in [0.1, 0.15) is 34.0 Å². The van der Waals surface area contributed by atoms with Crippen LogP contribution in [0.4, 0.5) is 0 Å². The normalized spacial score (nSPS) is 10.5. The first-order chi connectivity index (χ1) is 9.06. The van der Waals surface area contributed by atoms with Crippen molar-refractivity contribution in [2.45, 2.75) is 31.4 Å². The van der Waals surface area contributed by atoms with Gasteiger partial charge in [-0.3, -0.25) is 4.79 Å². The second kappa shape index (κ2) is 6.07. The van der Waals surface area contributed by atoms with Crippen LogP contribution in [0.25, 0.3) is 0 Å². The summed E-state index contributed by atoms with van der Waals surface area (Å²) in [7, 11) is 0. The fraction of sp³-hybridized carbons (Fsp3) is 0.235. The minimum atomic E-state index is 0.117. The summed E-state index contributed by atoms with van der Waals surface area (Å²) in [5, 5.41) is 0. The first kappa shape index (κ1) is 13.9. The highest BCUT2D eigenvalue weighted by Crippen LogP contribution is 2.25. The molecule has 2 heteroatoms. The van der Waals surface area contributed by atoms with Crippen LogP contribution in [0.5, 0.6) is 0 Å². The van der Waals surface area contributed by atoms with E-state index in [0.717, 1.165) is 11.3 Å². The summed E-state index contributed by atoms with van der Waals surface area (Å²) >= 11 is 1.81. The molecule has 0 bridgehead atoms. The van der Waals surface area contributed by atoms with E-state index in [0.29, 0.717) is 0 Å². The van der Waals surface area contributed by atoms with Crippen LogP contribution in [0.2, 0.25) is 0 Å². The number of carbonyl (C=O) groups excluding carboxylic acids is 1. The first-order valence-electron chi connectivity index (χ1n) is 6.36. The summed E-state index contributed by atoms with van der Waals surface area (Å²) in [5.74, 6) is 1.08. The highest BCUT2D eigenvalue weighted by Gasteiger charge is 2.02. The lowest BCUT2D eigenvalue weighted by molar-refractivity contribution is 0.101. The zero-order valence-electron chi connectivity index (χ0n) is 11.6. The van der Waals surface area contributed by atoms with Crippen LogP contribution in [-0.4, -0.2) is 5.78 Å². The van der Waals surface area contributed by atoms with E-state index in [-0.39, 0.29) is 5.78 Å². The Balaban J connectivity index is 2.06. The molecule has 0 aromatic heterocycles. The van der Waals surface area contributed by atoms with Gasteiger partial charge < -0.3 is 0 Å². The molecule has 0 unspecified atom stereocenters. The van der Waals surface area contributed by atoms with E-state index in [9.17, 15) is 4.79 Å². The van der Waals surface area contributed by atoms with Gasteiger partial charge >= 0.3 is 0 Å². The molecule has 1 nitrogen and oxygen atoms in total. The zero-order valence-corrected chi connectivity index (χ0v) is 12.4. The fourth-order valence-corrected chi connectivity index (χ4v) is 2.86. The maximum atomic E-state index is 11.2. The number of thioether (sulfide) groups is 1. The van der Waals surface area contributed by atoms with Gasteiger partial charge in [-0.1, -0.05) is 35.9 Å². The lowest BCUT2D eigenvalue weighted by Crippen LogP contribution is -1.91. The van der Waals surface area contributed by atoms with Crippen molar-refractivity contribution < 1.29 is 4.79 Å². The lowest BCUT2D eigenvalue weighted by atomic mass is 10.1. The SMILES string of the molecule is CC(=O)c1ccc(SCc2cc(C)ccc2C)cc1. The minimum Gasteiger partial charge on any atom is -0.295 e. The molecule has 0 radical (unpaired) electrons. The molecule has 0 spiro atoms. The summed E-state index contributed by atoms with van der Waals surface area (Å²) in [6.45, 7) is 5.86. The Kier molecular flexibility index (Phi) is 4.43. The van der Waals surface area contributed by atoms with Gasteiger partial charge in [-0.25, -0.2) is 0 Å². The van der Waals surface area contributed by atoms with Crippen LogP contribution < -0.4 is 0 Å². The van der Waals surface area contributed by atoms with Crippen molar-refractivity contribution in [3.8, 4) is 0 Å². The van der Waals surface area contributed by atoms with E-state index in [1.165, 1.54) is 21.6 Å². The monoisotopic (exact) mass is 270 g/mol. The Morgan fingerprint density at radius 1 is 1.05 bits per heavy atom. The number of hydrogen-bond acceptors (Lipinski definition) is 2. The Bertz CT molecular complexity index is 585. The van der Waals surface area contributed by atoms with Gasteiger partial charge in [-0.15, -0.1) is 11.8 Å². The van der Waals surface area contributed by atoms with Crippen molar-refractivity contribution in [2.75, 3.05) is 0 Å². The predicted molar refractivity (Wildman–Crippen MR) is 81.9 cm³/mol. The number of benzene rings is 2. The molecular weight excluding hydrogens is 252 g/mol. The van der Waals surface area contributed by atoms with Crippen LogP contribution in [-0.2, 0) is 5.75 Å². The molecule has 0 N–H and O–H groups in total. The Hall–Kier alpha value is -1.54. The molecule has 0 amide bonds. The molecule has 2 aromatic carbocycles. The largest absolute Gasteiger partial charge is 0.295 e. The van der Waals surface area contributed by atoms with E-state index >= 15 is 0 Å². The Morgan fingerprint density at radius 2 is 1.74 bits per heavy atom. The van der Waals surface area contributed by atoms with E-state index in [1.807, 2.05) is 24.3 Å². The highest BCUT2D eigenvalue weighted by atomic mass is 32.2. The summed E-state index contributed by atoms with van der Waals surface area (Å²) in [4.78, 5) is 12.4. The second-order valence-corrected chi connectivity index (χ2v) is 5.85. The summed E-state index contributed by atoms with van der Waals surface area (Å²) < 4.78 is 0. The van der Waals surface area contributed by atoms with Crippen molar-refractivity contribution in [3.63, 3.8) is 0 Å². The molecule has 2 rings (SSSR count). The van der Waals surface area contributed by atoms with E-state index in [4.69, 9.17) is 0 Å². The first-order valence-corrected chi connectivity index (χ1v) is 7.35. The smallest absolute Gasteiger partial charge is 0.159 e. The molecule has 2 aromatic rings. The molecule has 98 valence electrons. The third-order valence-electron chi connectivity index (χ3n) is 3.16. The van der Waals surface area contributed by atoms with Crippen molar-refractivity contribution in [1.29, 1.82) is 0 Å². The summed E-state index contributed by atoms with van der Waals surface area (Å²) in [6, 6.07) is 14.4. The van der Waals surface area contributed by atoms with Gasteiger partial charge in [-0.05, 0) is 44.0 Å². The Labute approximate surface area is 119 Å². The van der Waals surface area contributed by atoms with Crippen molar-refractivity contribution >= 4 is 17.5 Å². The number of rotatable bonds is 4. The average Bonchev–Trinajstić information content (AvgIpc) is 2.40. The third-order valence-corrected chi connectivity index (χ3v) is 4.22. The summed E-state index contributed by atoms with van der Waals surface area (Å²) in [5.41, 5.74) is 4.78. The van der Waals surface area contributed by atoms with Gasteiger partial charge in [0, 0.05) is 16.2 Å². The topological polar surface area (TPSA) is 17.1 Å². The molecule has 0 fully saturated rings. The highest BCUT2D eigenvalue weighted by molar-refractivity contribution is 7.98. The molecule has 19 heavy (non-hydrogen) atoms. The number of aryl methyl sites for hydroxylation is 2. The van der Waals surface area contributed by atoms with Crippen molar-refractivity contribution in [3.05, 3.63) is 64.7 Å². The van der Waals surface area contributed by atoms with Crippen LogP contribution >= 0.6 is 11.8 Å². The van der Waals surface area contributed by atoms with Gasteiger partial charge in [0.25, 0.3) is 0 Å². The van der Waals surface area contributed by atoms with Crippen molar-refractivity contribution in [1.82, 2.24) is 0 Å². The number of carbonyl (C=O) groups is 1. The van der Waals surface area contributed by atoms with Crippen LogP contribution in [0, 0.1) is 13.8 Å². The summed E-state index contributed by atoms with van der Waals surface area (Å²) in [6.07, 6.45) is 0.